The summed E-state index contributed by atoms with van der Waals surface area (Å²) in [4.78, 5) is 4.13. The fourth-order valence-corrected chi connectivity index (χ4v) is 2.55. The molecular formula is C14H9F3N2OS. The zero-order valence-corrected chi connectivity index (χ0v) is 11.3. The Morgan fingerprint density at radius 2 is 1.76 bits per heavy atom. The van der Waals surface area contributed by atoms with Crippen LogP contribution < -0.4 is 10.5 Å². The van der Waals surface area contributed by atoms with Crippen molar-refractivity contribution >= 4 is 27.2 Å². The van der Waals surface area contributed by atoms with Crippen LogP contribution >= 0.6 is 11.3 Å². The molecule has 3 rings (SSSR count). The van der Waals surface area contributed by atoms with Crippen molar-refractivity contribution < 1.29 is 17.9 Å². The van der Waals surface area contributed by atoms with Crippen LogP contribution in [-0.4, -0.2) is 4.98 Å². The largest absolute Gasteiger partial charge is 0.455 e. The predicted molar refractivity (Wildman–Crippen MR) is 75.6 cm³/mol. The topological polar surface area (TPSA) is 48.1 Å². The highest BCUT2D eigenvalue weighted by atomic mass is 32.1. The van der Waals surface area contributed by atoms with Crippen LogP contribution in [0.1, 0.15) is 5.56 Å². The van der Waals surface area contributed by atoms with Crippen molar-refractivity contribution in [3.63, 3.8) is 0 Å². The lowest BCUT2D eigenvalue weighted by molar-refractivity contribution is -0.137. The lowest BCUT2D eigenvalue weighted by atomic mass is 10.2. The first-order valence-corrected chi connectivity index (χ1v) is 6.80. The molecule has 7 heteroatoms. The van der Waals surface area contributed by atoms with E-state index in [0.717, 1.165) is 16.8 Å². The van der Waals surface area contributed by atoms with E-state index in [1.165, 1.54) is 23.5 Å². The Balaban J connectivity index is 1.90. The summed E-state index contributed by atoms with van der Waals surface area (Å²) in [5.74, 6) is 0.650. The molecule has 0 unspecified atom stereocenters. The minimum absolute atomic E-state index is 0.282. The van der Waals surface area contributed by atoms with E-state index in [9.17, 15) is 13.2 Å². The van der Waals surface area contributed by atoms with E-state index in [4.69, 9.17) is 10.5 Å². The van der Waals surface area contributed by atoms with Crippen LogP contribution in [0.2, 0.25) is 0 Å². The van der Waals surface area contributed by atoms with E-state index >= 15 is 0 Å². The number of hydrogen-bond acceptors (Lipinski definition) is 4. The minimum Gasteiger partial charge on any atom is -0.455 e. The maximum absolute atomic E-state index is 12.5. The van der Waals surface area contributed by atoms with Gasteiger partial charge in [0.15, 0.2) is 5.75 Å². The molecule has 0 saturated carbocycles. The second kappa shape index (κ2) is 4.92. The number of nitrogens with zero attached hydrogens (tertiary/aromatic N) is 1. The number of thiazole rings is 1. The van der Waals surface area contributed by atoms with Crippen LogP contribution in [0, 0.1) is 0 Å². The molecule has 0 atom stereocenters. The second-order valence-corrected chi connectivity index (χ2v) is 5.19. The lowest BCUT2D eigenvalue weighted by Crippen LogP contribution is -2.04. The quantitative estimate of drug-likeness (QED) is 0.699. The zero-order chi connectivity index (χ0) is 15.0. The van der Waals surface area contributed by atoms with Crippen LogP contribution in [0.5, 0.6) is 11.5 Å². The first kappa shape index (κ1) is 13.7. The highest BCUT2D eigenvalue weighted by Gasteiger charge is 2.30. The average Bonchev–Trinajstić information content (AvgIpc) is 2.91. The standard InChI is InChI=1S/C14H9F3N2OS/c15-14(16,17)8-1-3-9(4-2-8)20-10-5-6-11-13(12(10)18)19-7-21-11/h1-7H,18H2. The van der Waals surface area contributed by atoms with Crippen molar-refractivity contribution in [3.05, 3.63) is 47.5 Å². The summed E-state index contributed by atoms with van der Waals surface area (Å²) in [6, 6.07) is 7.93. The fourth-order valence-electron chi connectivity index (χ4n) is 1.86. The van der Waals surface area contributed by atoms with Gasteiger partial charge < -0.3 is 10.5 Å². The van der Waals surface area contributed by atoms with Gasteiger partial charge in [0.05, 0.1) is 15.8 Å². The number of fused-ring (bicyclic) bond motifs is 1. The summed E-state index contributed by atoms with van der Waals surface area (Å²) in [6.07, 6.45) is -4.36. The average molecular weight is 310 g/mol. The van der Waals surface area contributed by atoms with Gasteiger partial charge in [0.1, 0.15) is 17.0 Å². The maximum atomic E-state index is 12.5. The lowest BCUT2D eigenvalue weighted by Gasteiger charge is -2.10. The highest BCUT2D eigenvalue weighted by Crippen LogP contribution is 2.35. The number of rotatable bonds is 2. The molecule has 0 radical (unpaired) electrons. The van der Waals surface area contributed by atoms with Gasteiger partial charge in [0.2, 0.25) is 0 Å². The van der Waals surface area contributed by atoms with Gasteiger partial charge in [-0.1, -0.05) is 0 Å². The first-order valence-electron chi connectivity index (χ1n) is 5.92. The van der Waals surface area contributed by atoms with E-state index in [1.54, 1.807) is 11.6 Å². The summed E-state index contributed by atoms with van der Waals surface area (Å²) in [6.45, 7) is 0. The Hall–Kier alpha value is -2.28. The number of aromatic nitrogens is 1. The summed E-state index contributed by atoms with van der Waals surface area (Å²) < 4.78 is 43.9. The van der Waals surface area contributed by atoms with Crippen molar-refractivity contribution in [2.75, 3.05) is 5.73 Å². The number of halogens is 3. The van der Waals surface area contributed by atoms with Gasteiger partial charge >= 0.3 is 6.18 Å². The number of anilines is 1. The Kier molecular flexibility index (Phi) is 3.21. The van der Waals surface area contributed by atoms with Gasteiger partial charge in [-0.3, -0.25) is 0 Å². The molecule has 0 aliphatic carbocycles. The molecule has 0 aliphatic rings. The van der Waals surface area contributed by atoms with E-state index in [2.05, 4.69) is 4.98 Å². The molecule has 3 aromatic rings. The molecule has 108 valence electrons. The molecule has 0 amide bonds. The number of nitrogen functional groups attached to an aromatic ring is 1. The van der Waals surface area contributed by atoms with Crippen LogP contribution in [0.15, 0.2) is 41.9 Å². The minimum atomic E-state index is -4.36. The van der Waals surface area contributed by atoms with Gasteiger partial charge in [0, 0.05) is 0 Å². The molecular weight excluding hydrogens is 301 g/mol. The van der Waals surface area contributed by atoms with Gasteiger partial charge in [-0.15, -0.1) is 11.3 Å². The number of hydrogen-bond donors (Lipinski definition) is 1. The molecule has 0 saturated heterocycles. The van der Waals surface area contributed by atoms with Crippen LogP contribution in [0.3, 0.4) is 0 Å². The maximum Gasteiger partial charge on any atom is 0.416 e. The molecule has 2 aromatic carbocycles. The summed E-state index contributed by atoms with van der Waals surface area (Å²) in [5.41, 5.74) is 7.89. The van der Waals surface area contributed by atoms with E-state index in [1.807, 2.05) is 6.07 Å². The number of nitrogens with two attached hydrogens (primary N) is 1. The molecule has 21 heavy (non-hydrogen) atoms. The molecule has 2 N–H and O–H groups in total. The predicted octanol–water partition coefficient (Wildman–Crippen LogP) is 4.69. The Morgan fingerprint density at radius 1 is 1.05 bits per heavy atom. The molecule has 0 aliphatic heterocycles. The zero-order valence-electron chi connectivity index (χ0n) is 10.5. The molecule has 0 spiro atoms. The summed E-state index contributed by atoms with van der Waals surface area (Å²) in [7, 11) is 0. The number of ether oxygens (including phenoxy) is 1. The molecule has 1 aromatic heterocycles. The van der Waals surface area contributed by atoms with Crippen LogP contribution in [0.25, 0.3) is 10.2 Å². The van der Waals surface area contributed by atoms with Crippen molar-refractivity contribution in [1.82, 2.24) is 4.98 Å². The normalized spacial score (nSPS) is 11.8. The Morgan fingerprint density at radius 3 is 2.43 bits per heavy atom. The third-order valence-electron chi connectivity index (χ3n) is 2.91. The van der Waals surface area contributed by atoms with Crippen molar-refractivity contribution in [2.45, 2.75) is 6.18 Å². The third-order valence-corrected chi connectivity index (χ3v) is 3.71. The molecule has 1 heterocycles. The van der Waals surface area contributed by atoms with Crippen molar-refractivity contribution in [3.8, 4) is 11.5 Å². The van der Waals surface area contributed by atoms with E-state index < -0.39 is 11.7 Å². The first-order chi connectivity index (χ1) is 9.95. The number of benzene rings is 2. The van der Waals surface area contributed by atoms with Gasteiger partial charge in [-0.2, -0.15) is 13.2 Å². The summed E-state index contributed by atoms with van der Waals surface area (Å²) in [5, 5.41) is 0. The van der Waals surface area contributed by atoms with Crippen molar-refractivity contribution in [2.24, 2.45) is 0 Å². The van der Waals surface area contributed by atoms with Crippen LogP contribution in [-0.2, 0) is 6.18 Å². The van der Waals surface area contributed by atoms with Crippen LogP contribution in [0.4, 0.5) is 18.9 Å². The van der Waals surface area contributed by atoms with Gasteiger partial charge in [0.25, 0.3) is 0 Å². The van der Waals surface area contributed by atoms with E-state index in [0.29, 0.717) is 17.0 Å². The van der Waals surface area contributed by atoms with E-state index in [-0.39, 0.29) is 5.75 Å². The molecule has 0 fully saturated rings. The monoisotopic (exact) mass is 310 g/mol. The second-order valence-electron chi connectivity index (χ2n) is 4.30. The Bertz CT molecular complexity index is 781. The third kappa shape index (κ3) is 2.64. The van der Waals surface area contributed by atoms with Crippen molar-refractivity contribution in [1.29, 1.82) is 0 Å². The smallest absolute Gasteiger partial charge is 0.416 e. The summed E-state index contributed by atoms with van der Waals surface area (Å²) >= 11 is 1.45. The molecule has 0 bridgehead atoms. The SMILES string of the molecule is Nc1c(Oc2ccc(C(F)(F)F)cc2)ccc2scnc12. The number of alkyl halides is 3. The highest BCUT2D eigenvalue weighted by molar-refractivity contribution is 7.16. The molecule has 3 nitrogen and oxygen atoms in total. The Labute approximate surface area is 121 Å². The van der Waals surface area contributed by atoms with Gasteiger partial charge in [-0.05, 0) is 36.4 Å². The van der Waals surface area contributed by atoms with Gasteiger partial charge in [-0.25, -0.2) is 4.98 Å². The fraction of sp³-hybridized carbons (Fsp3) is 0.0714.